The van der Waals surface area contributed by atoms with Gasteiger partial charge in [0.2, 0.25) is 0 Å². The largest absolute Gasteiger partial charge is 0.465 e. The first kappa shape index (κ1) is 34.2. The van der Waals surface area contributed by atoms with E-state index >= 15 is 0 Å². The number of carbonyl (C=O) groups is 3. The highest BCUT2D eigenvalue weighted by Gasteiger charge is 2.72. The summed E-state index contributed by atoms with van der Waals surface area (Å²) in [6, 6.07) is 0. The van der Waals surface area contributed by atoms with Crippen LogP contribution in [0.3, 0.4) is 0 Å². The summed E-state index contributed by atoms with van der Waals surface area (Å²) in [5.41, 5.74) is 0.424. The Bertz CT molecular complexity index is 1220. The van der Waals surface area contributed by atoms with Gasteiger partial charge < -0.3 is 19.3 Å². The van der Waals surface area contributed by atoms with Gasteiger partial charge in [-0.05, 0) is 123 Å². The van der Waals surface area contributed by atoms with E-state index in [0.717, 1.165) is 64.2 Å². The van der Waals surface area contributed by atoms with Crippen LogP contribution in [0.2, 0.25) is 0 Å². The van der Waals surface area contributed by atoms with Crippen LogP contribution in [0.25, 0.3) is 0 Å². The summed E-state index contributed by atoms with van der Waals surface area (Å²) >= 11 is 0. The van der Waals surface area contributed by atoms with Gasteiger partial charge in [-0.3, -0.25) is 14.4 Å². The van der Waals surface area contributed by atoms with Crippen LogP contribution < -0.4 is 0 Å². The number of hydrogen-bond donors (Lipinski definition) is 1. The maximum Gasteiger partial charge on any atom is 0.312 e. The lowest BCUT2D eigenvalue weighted by Crippen LogP contribution is -2.68. The van der Waals surface area contributed by atoms with Crippen LogP contribution in [0.4, 0.5) is 0 Å². The first-order valence-electron chi connectivity index (χ1n) is 17.5. The van der Waals surface area contributed by atoms with Crippen molar-refractivity contribution in [1.82, 2.24) is 0 Å². The molecule has 5 aliphatic rings. The number of aliphatic hydroxyl groups excluding tert-OH is 1. The molecule has 0 amide bonds. The van der Waals surface area contributed by atoms with Crippen LogP contribution in [-0.2, 0) is 28.6 Å². The molecule has 0 spiro atoms. The maximum absolute atomic E-state index is 14.0. The molecular weight excluding hydrogens is 568 g/mol. The van der Waals surface area contributed by atoms with Gasteiger partial charge in [0.25, 0.3) is 0 Å². The fraction of sp³-hybridized carbons (Fsp3) is 0.816. The Morgan fingerprint density at radius 3 is 2.18 bits per heavy atom. The van der Waals surface area contributed by atoms with Gasteiger partial charge >= 0.3 is 17.9 Å². The predicted molar refractivity (Wildman–Crippen MR) is 173 cm³/mol. The molecule has 0 aromatic carbocycles. The molecule has 0 heterocycles. The molecule has 252 valence electrons. The summed E-state index contributed by atoms with van der Waals surface area (Å²) in [6.07, 6.45) is 12.8. The van der Waals surface area contributed by atoms with Gasteiger partial charge in [-0.1, -0.05) is 45.9 Å². The van der Waals surface area contributed by atoms with Crippen molar-refractivity contribution in [2.75, 3.05) is 19.8 Å². The second-order valence-corrected chi connectivity index (χ2v) is 16.5. The lowest BCUT2D eigenvalue weighted by molar-refractivity contribution is -0.257. The third kappa shape index (κ3) is 5.22. The number of ether oxygens (including phenoxy) is 3. The van der Waals surface area contributed by atoms with Crippen LogP contribution in [0.5, 0.6) is 0 Å². The number of esters is 3. The first-order chi connectivity index (χ1) is 21.1. The maximum atomic E-state index is 14.0. The van der Waals surface area contributed by atoms with Crippen LogP contribution in [0, 0.1) is 56.7 Å². The molecule has 4 unspecified atom stereocenters. The van der Waals surface area contributed by atoms with Crippen molar-refractivity contribution in [2.24, 2.45) is 56.7 Å². The Kier molecular flexibility index (Phi) is 9.22. The minimum atomic E-state index is -0.476. The molecule has 0 aromatic heterocycles. The standard InChI is InChI=1S/C38H58O7/c1-24(2)27-13-18-38(33(42)43-22-10-9-21-39)20-19-36(7)28(32(27)38)11-12-30-34(5)16-15-31(45-26(4)41)35(6,23-44-25(3)40)29(34)14-17-37(30,36)8/h9-10,27-32,39H,1,11-23H2,2-8H3/b10-9+/t27-,28?,29?,30?,31-,32?,34-,35-,36+,37+,38-/m0/s1. The van der Waals surface area contributed by atoms with E-state index in [9.17, 15) is 14.4 Å². The molecule has 7 heteroatoms. The van der Waals surface area contributed by atoms with Crippen LogP contribution in [0.1, 0.15) is 113 Å². The van der Waals surface area contributed by atoms with Crippen molar-refractivity contribution >= 4 is 17.9 Å². The molecule has 0 saturated heterocycles. The molecule has 7 nitrogen and oxygen atoms in total. The molecule has 11 atom stereocenters. The third-order valence-electron chi connectivity index (χ3n) is 14.7. The Balaban J connectivity index is 1.49. The highest BCUT2D eigenvalue weighted by molar-refractivity contribution is 5.78. The normalized spacial score (nSPS) is 45.4. The summed E-state index contributed by atoms with van der Waals surface area (Å²) in [5.74, 6) is 1.05. The number of carbonyl (C=O) groups excluding carboxylic acids is 3. The van der Waals surface area contributed by atoms with E-state index in [-0.39, 0.29) is 71.9 Å². The first-order valence-corrected chi connectivity index (χ1v) is 17.5. The van der Waals surface area contributed by atoms with Crippen LogP contribution in [-0.4, -0.2) is 48.9 Å². The van der Waals surface area contributed by atoms with Crippen LogP contribution >= 0.6 is 0 Å². The molecule has 0 aliphatic heterocycles. The highest BCUT2D eigenvalue weighted by Crippen LogP contribution is 2.77. The molecule has 5 aliphatic carbocycles. The zero-order chi connectivity index (χ0) is 33.0. The van der Waals surface area contributed by atoms with Crippen molar-refractivity contribution in [3.8, 4) is 0 Å². The summed E-state index contributed by atoms with van der Waals surface area (Å²) in [4.78, 5) is 38.2. The molecule has 5 fully saturated rings. The quantitative estimate of drug-likeness (QED) is 0.173. The van der Waals surface area contributed by atoms with E-state index in [2.05, 4.69) is 41.2 Å². The van der Waals surface area contributed by atoms with E-state index in [1.54, 1.807) is 12.2 Å². The molecule has 0 bridgehead atoms. The smallest absolute Gasteiger partial charge is 0.312 e. The molecule has 0 aromatic rings. The Morgan fingerprint density at radius 1 is 0.800 bits per heavy atom. The van der Waals surface area contributed by atoms with Crippen molar-refractivity contribution in [3.05, 3.63) is 24.3 Å². The Labute approximate surface area is 270 Å². The summed E-state index contributed by atoms with van der Waals surface area (Å²) in [7, 11) is 0. The zero-order valence-electron chi connectivity index (χ0n) is 28.9. The van der Waals surface area contributed by atoms with Crippen LogP contribution in [0.15, 0.2) is 24.3 Å². The van der Waals surface area contributed by atoms with Gasteiger partial charge in [0, 0.05) is 19.3 Å². The van der Waals surface area contributed by atoms with E-state index < -0.39 is 10.8 Å². The van der Waals surface area contributed by atoms with Gasteiger partial charge in [0.05, 0.1) is 12.0 Å². The van der Waals surface area contributed by atoms with Crippen molar-refractivity contribution in [3.63, 3.8) is 0 Å². The lowest BCUT2D eigenvalue weighted by atomic mass is 9.32. The SMILES string of the molecule is C=C(C)[C@@H]1CC[C@]2(C(=O)OC/C=C/CO)CC[C@]3(C)C(CCC4[C@@]5(C)CC[C@H](OC(C)=O)[C@@](C)(COC(C)=O)C5CC[C@]43C)C12. The predicted octanol–water partition coefficient (Wildman–Crippen LogP) is 7.21. The molecular formula is C38H58O7. The fourth-order valence-corrected chi connectivity index (χ4v) is 12.5. The summed E-state index contributed by atoms with van der Waals surface area (Å²) in [5, 5.41) is 9.14. The fourth-order valence-electron chi connectivity index (χ4n) is 12.5. The zero-order valence-corrected chi connectivity index (χ0v) is 28.9. The monoisotopic (exact) mass is 626 g/mol. The average molecular weight is 627 g/mol. The molecule has 1 N–H and O–H groups in total. The van der Waals surface area contributed by atoms with Gasteiger partial charge in [-0.2, -0.15) is 0 Å². The second kappa shape index (κ2) is 12.1. The molecule has 5 rings (SSSR count). The Morgan fingerprint density at radius 2 is 1.53 bits per heavy atom. The van der Waals surface area contributed by atoms with Gasteiger partial charge in [0.1, 0.15) is 19.3 Å². The van der Waals surface area contributed by atoms with E-state index in [1.807, 2.05) is 0 Å². The van der Waals surface area contributed by atoms with E-state index in [0.29, 0.717) is 17.8 Å². The number of allylic oxidation sites excluding steroid dienone is 1. The number of aliphatic hydroxyl groups is 1. The number of rotatable bonds is 8. The molecule has 5 saturated carbocycles. The topological polar surface area (TPSA) is 99.1 Å². The average Bonchev–Trinajstić information content (AvgIpc) is 3.37. The van der Waals surface area contributed by atoms with Crippen molar-refractivity contribution in [2.45, 2.75) is 119 Å². The van der Waals surface area contributed by atoms with E-state index in [4.69, 9.17) is 19.3 Å². The summed E-state index contributed by atoms with van der Waals surface area (Å²) < 4.78 is 17.6. The molecule has 0 radical (unpaired) electrons. The Hall–Kier alpha value is -2.15. The minimum Gasteiger partial charge on any atom is -0.465 e. The van der Waals surface area contributed by atoms with Gasteiger partial charge in [-0.15, -0.1) is 0 Å². The van der Waals surface area contributed by atoms with Gasteiger partial charge in [-0.25, -0.2) is 0 Å². The van der Waals surface area contributed by atoms with Crippen molar-refractivity contribution < 1.29 is 33.7 Å². The lowest BCUT2D eigenvalue weighted by Gasteiger charge is -2.72. The number of fused-ring (bicyclic) bond motifs is 7. The second-order valence-electron chi connectivity index (χ2n) is 16.5. The third-order valence-corrected chi connectivity index (χ3v) is 14.7. The minimum absolute atomic E-state index is 0.0163. The highest BCUT2D eigenvalue weighted by atomic mass is 16.6. The van der Waals surface area contributed by atoms with E-state index in [1.165, 1.54) is 19.4 Å². The van der Waals surface area contributed by atoms with Crippen molar-refractivity contribution in [1.29, 1.82) is 0 Å². The summed E-state index contributed by atoms with van der Waals surface area (Å²) in [6.45, 7) is 19.7. The molecule has 45 heavy (non-hydrogen) atoms. The number of hydrogen-bond acceptors (Lipinski definition) is 7. The van der Waals surface area contributed by atoms with Gasteiger partial charge in [0.15, 0.2) is 0 Å².